The minimum atomic E-state index is 0.515. The highest BCUT2D eigenvalue weighted by Crippen LogP contribution is 2.22. The smallest absolute Gasteiger partial charge is 0.0601 e. The van der Waals surface area contributed by atoms with Gasteiger partial charge in [-0.25, -0.2) is 0 Å². The standard InChI is InChI=1S/C12H25N3O/c1-14-5-7-15(8-6-14)4-3-13-11-9-12(10-11)16-2/h11-13H,3-10H2,1-2H3. The van der Waals surface area contributed by atoms with E-state index < -0.39 is 0 Å². The average Bonchev–Trinajstić information content (AvgIpc) is 2.24. The van der Waals surface area contributed by atoms with Crippen molar-refractivity contribution in [1.82, 2.24) is 15.1 Å². The van der Waals surface area contributed by atoms with Crippen LogP contribution in [-0.2, 0) is 4.74 Å². The van der Waals surface area contributed by atoms with Gasteiger partial charge in [0.1, 0.15) is 0 Å². The van der Waals surface area contributed by atoms with Gasteiger partial charge in [-0.3, -0.25) is 4.90 Å². The Kier molecular flexibility index (Phi) is 4.58. The molecule has 4 heteroatoms. The monoisotopic (exact) mass is 227 g/mol. The van der Waals surface area contributed by atoms with Gasteiger partial charge in [-0.1, -0.05) is 0 Å². The molecule has 0 aromatic carbocycles. The molecule has 1 saturated heterocycles. The molecule has 1 aliphatic heterocycles. The molecular formula is C12H25N3O. The van der Waals surface area contributed by atoms with Gasteiger partial charge in [0.25, 0.3) is 0 Å². The van der Waals surface area contributed by atoms with Crippen LogP contribution in [0.3, 0.4) is 0 Å². The van der Waals surface area contributed by atoms with Crippen LogP contribution >= 0.6 is 0 Å². The number of ether oxygens (including phenoxy) is 1. The predicted molar refractivity (Wildman–Crippen MR) is 65.8 cm³/mol. The van der Waals surface area contributed by atoms with Gasteiger partial charge in [-0.05, 0) is 19.9 Å². The quantitative estimate of drug-likeness (QED) is 0.715. The van der Waals surface area contributed by atoms with E-state index in [-0.39, 0.29) is 0 Å². The number of rotatable bonds is 5. The molecule has 0 radical (unpaired) electrons. The molecule has 0 aromatic heterocycles. The van der Waals surface area contributed by atoms with Crippen LogP contribution in [0.4, 0.5) is 0 Å². The molecule has 1 heterocycles. The molecule has 0 spiro atoms. The van der Waals surface area contributed by atoms with E-state index in [2.05, 4.69) is 22.2 Å². The summed E-state index contributed by atoms with van der Waals surface area (Å²) in [5.41, 5.74) is 0. The molecule has 94 valence electrons. The van der Waals surface area contributed by atoms with Gasteiger partial charge in [0.2, 0.25) is 0 Å². The zero-order valence-corrected chi connectivity index (χ0v) is 10.6. The van der Waals surface area contributed by atoms with E-state index in [1.807, 2.05) is 7.11 Å². The van der Waals surface area contributed by atoms with Crippen molar-refractivity contribution in [3.05, 3.63) is 0 Å². The number of likely N-dealkylation sites (N-methyl/N-ethyl adjacent to an activating group) is 1. The lowest BCUT2D eigenvalue weighted by molar-refractivity contribution is 0.0166. The van der Waals surface area contributed by atoms with Crippen LogP contribution in [0.15, 0.2) is 0 Å². The SMILES string of the molecule is COC1CC(NCCN2CCN(C)CC2)C1. The van der Waals surface area contributed by atoms with E-state index in [1.54, 1.807) is 0 Å². The average molecular weight is 227 g/mol. The molecule has 0 unspecified atom stereocenters. The van der Waals surface area contributed by atoms with Gasteiger partial charge in [0, 0.05) is 52.4 Å². The van der Waals surface area contributed by atoms with Gasteiger partial charge in [-0.15, -0.1) is 0 Å². The molecule has 1 N–H and O–H groups in total. The van der Waals surface area contributed by atoms with E-state index >= 15 is 0 Å². The van der Waals surface area contributed by atoms with E-state index in [0.717, 1.165) is 6.54 Å². The van der Waals surface area contributed by atoms with Crippen LogP contribution in [0.25, 0.3) is 0 Å². The Morgan fingerprint density at radius 3 is 2.50 bits per heavy atom. The number of hydrogen-bond donors (Lipinski definition) is 1. The second-order valence-electron chi connectivity index (χ2n) is 5.13. The lowest BCUT2D eigenvalue weighted by Crippen LogP contribution is -2.50. The van der Waals surface area contributed by atoms with Gasteiger partial charge in [0.15, 0.2) is 0 Å². The largest absolute Gasteiger partial charge is 0.381 e. The van der Waals surface area contributed by atoms with Crippen molar-refractivity contribution < 1.29 is 4.74 Å². The van der Waals surface area contributed by atoms with Crippen LogP contribution in [-0.4, -0.2) is 75.4 Å². The van der Waals surface area contributed by atoms with Gasteiger partial charge in [-0.2, -0.15) is 0 Å². The van der Waals surface area contributed by atoms with Crippen molar-refractivity contribution in [3.63, 3.8) is 0 Å². The summed E-state index contributed by atoms with van der Waals surface area (Å²) in [5, 5.41) is 3.61. The van der Waals surface area contributed by atoms with Crippen molar-refractivity contribution in [3.8, 4) is 0 Å². The third kappa shape index (κ3) is 3.42. The molecule has 4 nitrogen and oxygen atoms in total. The number of piperazine rings is 1. The fourth-order valence-corrected chi connectivity index (χ4v) is 2.42. The maximum Gasteiger partial charge on any atom is 0.0601 e. The normalized spacial score (nSPS) is 32.6. The van der Waals surface area contributed by atoms with E-state index in [0.29, 0.717) is 12.1 Å². The number of nitrogens with one attached hydrogen (secondary N) is 1. The van der Waals surface area contributed by atoms with Crippen LogP contribution in [0.5, 0.6) is 0 Å². The lowest BCUT2D eigenvalue weighted by atomic mass is 9.89. The molecule has 1 aliphatic carbocycles. The Hall–Kier alpha value is -0.160. The molecule has 16 heavy (non-hydrogen) atoms. The van der Waals surface area contributed by atoms with Crippen molar-refractivity contribution >= 4 is 0 Å². The summed E-state index contributed by atoms with van der Waals surface area (Å²) in [4.78, 5) is 4.96. The van der Waals surface area contributed by atoms with Crippen LogP contribution in [0.1, 0.15) is 12.8 Å². The Bertz CT molecular complexity index is 198. The van der Waals surface area contributed by atoms with Crippen molar-refractivity contribution in [2.24, 2.45) is 0 Å². The first kappa shape index (κ1) is 12.3. The minimum absolute atomic E-state index is 0.515. The molecule has 2 aliphatic rings. The van der Waals surface area contributed by atoms with Crippen LogP contribution in [0, 0.1) is 0 Å². The molecular weight excluding hydrogens is 202 g/mol. The first-order chi connectivity index (χ1) is 7.78. The number of hydrogen-bond acceptors (Lipinski definition) is 4. The van der Waals surface area contributed by atoms with Crippen molar-refractivity contribution in [2.45, 2.75) is 25.0 Å². The summed E-state index contributed by atoms with van der Waals surface area (Å²) < 4.78 is 5.27. The Balaban J connectivity index is 1.49. The highest BCUT2D eigenvalue weighted by Gasteiger charge is 2.28. The summed E-state index contributed by atoms with van der Waals surface area (Å²) in [6, 6.07) is 0.706. The predicted octanol–water partition coefficient (Wildman–Crippen LogP) is 0.000800. The topological polar surface area (TPSA) is 27.7 Å². The van der Waals surface area contributed by atoms with Crippen molar-refractivity contribution in [2.75, 3.05) is 53.4 Å². The minimum Gasteiger partial charge on any atom is -0.381 e. The van der Waals surface area contributed by atoms with Gasteiger partial charge in [0.05, 0.1) is 6.10 Å². The highest BCUT2D eigenvalue weighted by atomic mass is 16.5. The van der Waals surface area contributed by atoms with Gasteiger partial charge < -0.3 is 15.0 Å². The summed E-state index contributed by atoms with van der Waals surface area (Å²) >= 11 is 0. The van der Waals surface area contributed by atoms with Crippen molar-refractivity contribution in [1.29, 1.82) is 0 Å². The number of methoxy groups -OCH3 is 1. The van der Waals surface area contributed by atoms with Gasteiger partial charge >= 0.3 is 0 Å². The molecule has 1 saturated carbocycles. The van der Waals surface area contributed by atoms with Crippen LogP contribution in [0.2, 0.25) is 0 Å². The van der Waals surface area contributed by atoms with E-state index in [9.17, 15) is 0 Å². The summed E-state index contributed by atoms with van der Waals surface area (Å²) in [7, 11) is 4.01. The maximum absolute atomic E-state index is 5.27. The molecule has 2 rings (SSSR count). The first-order valence-corrected chi connectivity index (χ1v) is 6.45. The molecule has 2 fully saturated rings. The third-order valence-electron chi connectivity index (χ3n) is 3.89. The highest BCUT2D eigenvalue weighted by molar-refractivity contribution is 4.86. The summed E-state index contributed by atoms with van der Waals surface area (Å²) in [6.45, 7) is 7.21. The lowest BCUT2D eigenvalue weighted by Gasteiger charge is -2.36. The second kappa shape index (κ2) is 5.96. The molecule has 0 atom stereocenters. The van der Waals surface area contributed by atoms with E-state index in [4.69, 9.17) is 4.74 Å². The first-order valence-electron chi connectivity index (χ1n) is 6.45. The maximum atomic E-state index is 5.27. The zero-order chi connectivity index (χ0) is 11.4. The molecule has 0 bridgehead atoms. The summed E-state index contributed by atoms with van der Waals surface area (Å²) in [5.74, 6) is 0. The Morgan fingerprint density at radius 1 is 1.19 bits per heavy atom. The Morgan fingerprint density at radius 2 is 1.88 bits per heavy atom. The fraction of sp³-hybridized carbons (Fsp3) is 1.00. The zero-order valence-electron chi connectivity index (χ0n) is 10.6. The molecule has 0 aromatic rings. The number of nitrogens with zero attached hydrogens (tertiary/aromatic N) is 2. The van der Waals surface area contributed by atoms with Crippen LogP contribution < -0.4 is 5.32 Å². The van der Waals surface area contributed by atoms with E-state index in [1.165, 1.54) is 45.6 Å². The third-order valence-corrected chi connectivity index (χ3v) is 3.89. The molecule has 0 amide bonds. The second-order valence-corrected chi connectivity index (χ2v) is 5.13. The Labute approximate surface area is 98.9 Å². The fourth-order valence-electron chi connectivity index (χ4n) is 2.42. The summed E-state index contributed by atoms with van der Waals surface area (Å²) in [6.07, 6.45) is 2.90.